The minimum absolute atomic E-state index is 0.233. The van der Waals surface area contributed by atoms with E-state index >= 15 is 0 Å². The van der Waals surface area contributed by atoms with Gasteiger partial charge in [0.2, 0.25) is 0 Å². The minimum atomic E-state index is -0.233. The Hall–Kier alpha value is -1.08. The summed E-state index contributed by atoms with van der Waals surface area (Å²) in [6.45, 7) is 2.91. The fraction of sp³-hybridized carbons (Fsp3) is 0.250. The zero-order chi connectivity index (χ0) is 16.4. The molecule has 0 fully saturated rings. The zero-order valence-corrected chi connectivity index (χ0v) is 15.9. The predicted octanol–water partition coefficient (Wildman–Crippen LogP) is 4.83. The van der Waals surface area contributed by atoms with Crippen LogP contribution < -0.4 is 4.80 Å². The van der Waals surface area contributed by atoms with Gasteiger partial charge in [-0.25, -0.2) is 0 Å². The molecule has 2 heterocycles. The van der Waals surface area contributed by atoms with Crippen LogP contribution in [0.2, 0.25) is 4.34 Å². The van der Waals surface area contributed by atoms with Crippen LogP contribution >= 0.6 is 46.0 Å². The van der Waals surface area contributed by atoms with Gasteiger partial charge in [-0.1, -0.05) is 29.0 Å². The summed E-state index contributed by atoms with van der Waals surface area (Å²) in [4.78, 5) is 18.0. The third kappa shape index (κ3) is 3.71. The van der Waals surface area contributed by atoms with Crippen LogP contribution in [0.1, 0.15) is 15.2 Å². The lowest BCUT2D eigenvalue weighted by molar-refractivity contribution is 0.100. The number of hydrogen-bond donors (Lipinski definition) is 0. The Bertz CT molecular complexity index is 923. The molecule has 0 saturated carbocycles. The summed E-state index contributed by atoms with van der Waals surface area (Å²) in [7, 11) is 0. The number of thioether (sulfide) groups is 1. The highest BCUT2D eigenvalue weighted by Crippen LogP contribution is 2.23. The number of aryl methyl sites for hydroxylation is 2. The van der Waals surface area contributed by atoms with Crippen LogP contribution in [0.5, 0.6) is 0 Å². The zero-order valence-electron chi connectivity index (χ0n) is 12.7. The smallest absolute Gasteiger partial charge is 0.289 e. The quantitative estimate of drug-likeness (QED) is 0.647. The Labute approximate surface area is 151 Å². The van der Waals surface area contributed by atoms with E-state index in [1.807, 2.05) is 0 Å². The van der Waals surface area contributed by atoms with Gasteiger partial charge in [0.1, 0.15) is 0 Å². The first-order valence-corrected chi connectivity index (χ1v) is 10.4. The number of halogens is 1. The minimum Gasteiger partial charge on any atom is -0.316 e. The standard InChI is InChI=1S/C16H15ClN2OS3/c1-10-3-4-11-13(9-10)23-16(19(11)7-8-21-2)18-15(20)12-5-6-14(17)22-12/h3-6,9H,7-8H2,1-2H3. The molecule has 3 nitrogen and oxygen atoms in total. The Morgan fingerprint density at radius 1 is 1.30 bits per heavy atom. The lowest BCUT2D eigenvalue weighted by atomic mass is 10.2. The number of carbonyl (C=O) groups is 1. The molecule has 23 heavy (non-hydrogen) atoms. The fourth-order valence-electron chi connectivity index (χ4n) is 2.24. The highest BCUT2D eigenvalue weighted by atomic mass is 35.5. The lowest BCUT2D eigenvalue weighted by Gasteiger charge is -2.03. The number of carbonyl (C=O) groups excluding carboxylic acids is 1. The summed E-state index contributed by atoms with van der Waals surface area (Å²) in [6.07, 6.45) is 2.08. The van der Waals surface area contributed by atoms with E-state index in [4.69, 9.17) is 11.6 Å². The van der Waals surface area contributed by atoms with Crippen molar-refractivity contribution >= 4 is 62.2 Å². The first-order valence-electron chi connectivity index (χ1n) is 7.02. The molecular formula is C16H15ClN2OS3. The number of hydrogen-bond acceptors (Lipinski definition) is 4. The Morgan fingerprint density at radius 3 is 2.83 bits per heavy atom. The first-order chi connectivity index (χ1) is 11.1. The highest BCUT2D eigenvalue weighted by Gasteiger charge is 2.11. The molecule has 7 heteroatoms. The Morgan fingerprint density at radius 2 is 2.13 bits per heavy atom. The summed E-state index contributed by atoms with van der Waals surface area (Å²) < 4.78 is 3.89. The van der Waals surface area contributed by atoms with E-state index in [1.54, 1.807) is 35.2 Å². The van der Waals surface area contributed by atoms with Gasteiger partial charge in [0, 0.05) is 12.3 Å². The number of rotatable bonds is 4. The molecule has 1 aromatic carbocycles. The van der Waals surface area contributed by atoms with Crippen LogP contribution in [0.4, 0.5) is 0 Å². The van der Waals surface area contributed by atoms with E-state index < -0.39 is 0 Å². The molecule has 120 valence electrons. The number of benzene rings is 1. The molecule has 1 amide bonds. The third-order valence-electron chi connectivity index (χ3n) is 3.34. The molecule has 0 spiro atoms. The van der Waals surface area contributed by atoms with Crippen molar-refractivity contribution in [2.75, 3.05) is 12.0 Å². The van der Waals surface area contributed by atoms with E-state index in [9.17, 15) is 4.79 Å². The lowest BCUT2D eigenvalue weighted by Crippen LogP contribution is -2.18. The molecule has 0 saturated heterocycles. The first kappa shape index (κ1) is 16.8. The van der Waals surface area contributed by atoms with Crippen LogP contribution in [0, 0.1) is 6.92 Å². The van der Waals surface area contributed by atoms with Crippen LogP contribution in [0.25, 0.3) is 10.2 Å². The van der Waals surface area contributed by atoms with Crippen molar-refractivity contribution in [2.24, 2.45) is 4.99 Å². The number of aromatic nitrogens is 1. The molecule has 0 aliphatic rings. The van der Waals surface area contributed by atoms with Crippen molar-refractivity contribution in [2.45, 2.75) is 13.5 Å². The van der Waals surface area contributed by atoms with Gasteiger partial charge >= 0.3 is 0 Å². The van der Waals surface area contributed by atoms with Crippen LogP contribution in [0.3, 0.4) is 0 Å². The van der Waals surface area contributed by atoms with Crippen molar-refractivity contribution < 1.29 is 4.79 Å². The molecular weight excluding hydrogens is 368 g/mol. The number of thiazole rings is 1. The predicted molar refractivity (Wildman–Crippen MR) is 102 cm³/mol. The van der Waals surface area contributed by atoms with Gasteiger partial charge in [-0.15, -0.1) is 11.3 Å². The van der Waals surface area contributed by atoms with Crippen LogP contribution in [-0.4, -0.2) is 22.5 Å². The normalized spacial score (nSPS) is 12.2. The fourth-order valence-corrected chi connectivity index (χ4v) is 4.68. The Kier molecular flexibility index (Phi) is 5.26. The molecule has 0 atom stereocenters. The van der Waals surface area contributed by atoms with Gasteiger partial charge in [-0.3, -0.25) is 4.79 Å². The van der Waals surface area contributed by atoms with Crippen LogP contribution in [0.15, 0.2) is 35.3 Å². The third-order valence-corrected chi connectivity index (χ3v) is 6.19. The highest BCUT2D eigenvalue weighted by molar-refractivity contribution is 7.98. The number of fused-ring (bicyclic) bond motifs is 1. The number of amides is 1. The van der Waals surface area contributed by atoms with E-state index in [0.29, 0.717) is 9.21 Å². The van der Waals surface area contributed by atoms with Gasteiger partial charge in [0.15, 0.2) is 4.80 Å². The second-order valence-electron chi connectivity index (χ2n) is 5.02. The SMILES string of the molecule is CSCCn1c(=NC(=O)c2ccc(Cl)s2)sc2cc(C)ccc21. The molecule has 0 aliphatic heterocycles. The maximum Gasteiger partial charge on any atom is 0.289 e. The van der Waals surface area contributed by atoms with E-state index in [-0.39, 0.29) is 5.91 Å². The number of thiophene rings is 1. The van der Waals surface area contributed by atoms with E-state index in [1.165, 1.54) is 16.9 Å². The van der Waals surface area contributed by atoms with Gasteiger partial charge in [0.25, 0.3) is 5.91 Å². The molecule has 2 aromatic heterocycles. The maximum absolute atomic E-state index is 12.4. The van der Waals surface area contributed by atoms with Gasteiger partial charge in [0.05, 0.1) is 19.4 Å². The van der Waals surface area contributed by atoms with Crippen molar-refractivity contribution in [1.29, 1.82) is 0 Å². The molecule has 0 unspecified atom stereocenters. The van der Waals surface area contributed by atoms with Gasteiger partial charge < -0.3 is 4.57 Å². The maximum atomic E-state index is 12.4. The summed E-state index contributed by atoms with van der Waals surface area (Å²) in [6, 6.07) is 9.79. The van der Waals surface area contributed by atoms with E-state index in [0.717, 1.165) is 27.3 Å². The number of nitrogens with zero attached hydrogens (tertiary/aromatic N) is 2. The van der Waals surface area contributed by atoms with E-state index in [2.05, 4.69) is 40.9 Å². The van der Waals surface area contributed by atoms with Gasteiger partial charge in [-0.05, 0) is 43.0 Å². The van der Waals surface area contributed by atoms with Crippen molar-refractivity contribution in [3.63, 3.8) is 0 Å². The average molecular weight is 383 g/mol. The summed E-state index contributed by atoms with van der Waals surface area (Å²) in [5.41, 5.74) is 2.34. The summed E-state index contributed by atoms with van der Waals surface area (Å²) in [5.74, 6) is 0.745. The molecule has 0 radical (unpaired) electrons. The topological polar surface area (TPSA) is 34.4 Å². The second-order valence-corrected chi connectivity index (χ2v) is 8.73. The van der Waals surface area contributed by atoms with Crippen molar-refractivity contribution in [1.82, 2.24) is 4.57 Å². The molecule has 3 aromatic rings. The summed E-state index contributed by atoms with van der Waals surface area (Å²) in [5, 5.41) is 0. The van der Waals surface area contributed by atoms with Crippen molar-refractivity contribution in [3.8, 4) is 0 Å². The Balaban J connectivity index is 2.11. The molecule has 0 bridgehead atoms. The largest absolute Gasteiger partial charge is 0.316 e. The van der Waals surface area contributed by atoms with Crippen molar-refractivity contribution in [3.05, 3.63) is 49.9 Å². The summed E-state index contributed by atoms with van der Waals surface area (Å²) >= 11 is 10.5. The molecule has 3 rings (SSSR count). The monoisotopic (exact) mass is 382 g/mol. The second kappa shape index (κ2) is 7.21. The average Bonchev–Trinajstić information content (AvgIpc) is 3.08. The van der Waals surface area contributed by atoms with Gasteiger partial charge in [-0.2, -0.15) is 16.8 Å². The molecule has 0 aliphatic carbocycles. The molecule has 0 N–H and O–H groups in total. The van der Waals surface area contributed by atoms with Crippen LogP contribution in [-0.2, 0) is 6.54 Å².